The number of carbonyl (C=O) groups is 1. The molecule has 26 heavy (non-hydrogen) atoms. The molecule has 0 saturated carbocycles. The fraction of sp³-hybridized carbons (Fsp3) is 0.235. The summed E-state index contributed by atoms with van der Waals surface area (Å²) in [6.07, 6.45) is -4.51. The highest BCUT2D eigenvalue weighted by atomic mass is 32.2. The number of rotatable bonds is 5. The molecule has 2 aromatic rings. The predicted octanol–water partition coefficient (Wildman–Crippen LogP) is 3.28. The zero-order chi connectivity index (χ0) is 19.5. The van der Waals surface area contributed by atoms with Crippen LogP contribution in [-0.2, 0) is 27.5 Å². The van der Waals surface area contributed by atoms with Crippen molar-refractivity contribution in [1.29, 1.82) is 0 Å². The van der Waals surface area contributed by atoms with Crippen LogP contribution in [0.3, 0.4) is 0 Å². The first-order chi connectivity index (χ1) is 12.0. The number of carbonyl (C=O) groups excluding carboxylic acids is 1. The summed E-state index contributed by atoms with van der Waals surface area (Å²) in [5.74, 6) is -0.695. The van der Waals surface area contributed by atoms with Crippen LogP contribution in [0.25, 0.3) is 0 Å². The topological polar surface area (TPSA) is 72.5 Å². The second-order valence-electron chi connectivity index (χ2n) is 5.49. The number of esters is 1. The van der Waals surface area contributed by atoms with Gasteiger partial charge in [-0.3, -0.25) is 0 Å². The van der Waals surface area contributed by atoms with Gasteiger partial charge in [0, 0.05) is 6.54 Å². The lowest BCUT2D eigenvalue weighted by molar-refractivity contribution is -0.137. The number of hydrogen-bond acceptors (Lipinski definition) is 4. The molecule has 140 valence electrons. The van der Waals surface area contributed by atoms with Crippen molar-refractivity contribution in [2.75, 3.05) is 7.11 Å². The molecule has 0 spiro atoms. The van der Waals surface area contributed by atoms with Crippen LogP contribution in [0.2, 0.25) is 0 Å². The number of benzene rings is 2. The molecule has 0 atom stereocenters. The first-order valence-electron chi connectivity index (χ1n) is 7.39. The van der Waals surface area contributed by atoms with E-state index >= 15 is 0 Å². The van der Waals surface area contributed by atoms with E-state index in [-0.39, 0.29) is 22.6 Å². The molecule has 0 unspecified atom stereocenters. The molecule has 0 aliphatic rings. The maximum atomic E-state index is 12.7. The average molecular weight is 387 g/mol. The molecular weight excluding hydrogens is 371 g/mol. The van der Waals surface area contributed by atoms with E-state index in [1.807, 2.05) is 0 Å². The number of nitrogens with one attached hydrogen (secondary N) is 1. The van der Waals surface area contributed by atoms with E-state index < -0.39 is 27.7 Å². The molecule has 0 fully saturated rings. The van der Waals surface area contributed by atoms with Gasteiger partial charge in [-0.1, -0.05) is 24.3 Å². The zero-order valence-corrected chi connectivity index (χ0v) is 14.7. The van der Waals surface area contributed by atoms with Crippen LogP contribution >= 0.6 is 0 Å². The van der Waals surface area contributed by atoms with Crippen molar-refractivity contribution in [2.24, 2.45) is 0 Å². The van der Waals surface area contributed by atoms with Crippen LogP contribution < -0.4 is 4.72 Å². The SMILES string of the molecule is COC(=O)c1ccc(C)c(S(=O)(=O)NCc2cccc(C(F)(F)F)c2)c1. The van der Waals surface area contributed by atoms with Gasteiger partial charge in [-0.05, 0) is 36.2 Å². The minimum atomic E-state index is -4.51. The van der Waals surface area contributed by atoms with Crippen molar-refractivity contribution < 1.29 is 31.1 Å². The first-order valence-corrected chi connectivity index (χ1v) is 8.87. The number of aryl methyl sites for hydroxylation is 1. The molecule has 2 rings (SSSR count). The van der Waals surface area contributed by atoms with E-state index in [9.17, 15) is 26.4 Å². The summed E-state index contributed by atoms with van der Waals surface area (Å²) in [5.41, 5.74) is -0.269. The van der Waals surface area contributed by atoms with E-state index in [2.05, 4.69) is 9.46 Å². The highest BCUT2D eigenvalue weighted by Crippen LogP contribution is 2.29. The summed E-state index contributed by atoms with van der Waals surface area (Å²) in [4.78, 5) is 11.4. The molecule has 0 heterocycles. The predicted molar refractivity (Wildman–Crippen MR) is 88.0 cm³/mol. The van der Waals surface area contributed by atoms with Gasteiger partial charge in [-0.2, -0.15) is 13.2 Å². The molecule has 0 radical (unpaired) electrons. The lowest BCUT2D eigenvalue weighted by Crippen LogP contribution is -2.24. The Hall–Kier alpha value is -2.39. The maximum absolute atomic E-state index is 12.7. The molecule has 2 aromatic carbocycles. The average Bonchev–Trinajstić information content (AvgIpc) is 2.59. The molecule has 9 heteroatoms. The Morgan fingerprint density at radius 3 is 2.46 bits per heavy atom. The van der Waals surface area contributed by atoms with Gasteiger partial charge in [-0.15, -0.1) is 0 Å². The van der Waals surface area contributed by atoms with Gasteiger partial charge >= 0.3 is 12.1 Å². The lowest BCUT2D eigenvalue weighted by atomic mass is 10.1. The van der Waals surface area contributed by atoms with E-state index in [1.54, 1.807) is 6.92 Å². The highest BCUT2D eigenvalue weighted by Gasteiger charge is 2.30. The van der Waals surface area contributed by atoms with E-state index in [4.69, 9.17) is 0 Å². The Morgan fingerprint density at radius 2 is 1.85 bits per heavy atom. The standard InChI is InChI=1S/C17H16F3NO4S/c1-11-6-7-13(16(22)25-2)9-15(11)26(23,24)21-10-12-4-3-5-14(8-12)17(18,19)20/h3-9,21H,10H2,1-2H3. The summed E-state index contributed by atoms with van der Waals surface area (Å²) in [6.45, 7) is 1.22. The molecule has 5 nitrogen and oxygen atoms in total. The lowest BCUT2D eigenvalue weighted by Gasteiger charge is -2.12. The molecule has 0 aromatic heterocycles. The van der Waals surface area contributed by atoms with Gasteiger partial charge in [0.25, 0.3) is 0 Å². The van der Waals surface area contributed by atoms with Crippen molar-refractivity contribution in [3.8, 4) is 0 Å². The summed E-state index contributed by atoms with van der Waals surface area (Å²) in [5, 5.41) is 0. The molecule has 0 amide bonds. The minimum absolute atomic E-state index is 0.0533. The van der Waals surface area contributed by atoms with Gasteiger partial charge in [0.2, 0.25) is 10.0 Å². The number of methoxy groups -OCH3 is 1. The van der Waals surface area contributed by atoms with Gasteiger partial charge in [0.1, 0.15) is 0 Å². The van der Waals surface area contributed by atoms with Crippen molar-refractivity contribution in [3.05, 3.63) is 64.7 Å². The number of hydrogen-bond donors (Lipinski definition) is 1. The maximum Gasteiger partial charge on any atom is 0.416 e. The normalized spacial score (nSPS) is 12.0. The third-order valence-corrected chi connectivity index (χ3v) is 5.16. The fourth-order valence-electron chi connectivity index (χ4n) is 2.25. The van der Waals surface area contributed by atoms with E-state index in [0.717, 1.165) is 18.2 Å². The number of halogens is 3. The van der Waals surface area contributed by atoms with Crippen LogP contribution in [0.15, 0.2) is 47.4 Å². The van der Waals surface area contributed by atoms with Crippen LogP contribution in [0.1, 0.15) is 27.0 Å². The molecule has 0 aliphatic heterocycles. The molecule has 0 saturated heterocycles. The molecule has 1 N–H and O–H groups in total. The van der Waals surface area contributed by atoms with Gasteiger partial charge in [-0.25, -0.2) is 17.9 Å². The summed E-state index contributed by atoms with van der Waals surface area (Å²) in [6, 6.07) is 8.40. The van der Waals surface area contributed by atoms with Crippen molar-refractivity contribution in [2.45, 2.75) is 24.5 Å². The van der Waals surface area contributed by atoms with Crippen LogP contribution in [0.4, 0.5) is 13.2 Å². The van der Waals surface area contributed by atoms with Gasteiger partial charge < -0.3 is 4.74 Å². The van der Waals surface area contributed by atoms with Crippen LogP contribution in [0, 0.1) is 6.92 Å². The Kier molecular flexibility index (Phi) is 5.72. The largest absolute Gasteiger partial charge is 0.465 e. The second kappa shape index (κ2) is 7.46. The van der Waals surface area contributed by atoms with E-state index in [1.165, 1.54) is 31.4 Å². The van der Waals surface area contributed by atoms with Crippen LogP contribution in [0.5, 0.6) is 0 Å². The number of ether oxygens (including phenoxy) is 1. The molecule has 0 bridgehead atoms. The minimum Gasteiger partial charge on any atom is -0.465 e. The third-order valence-electron chi connectivity index (χ3n) is 3.62. The van der Waals surface area contributed by atoms with Gasteiger partial charge in [0.05, 0.1) is 23.1 Å². The third kappa shape index (κ3) is 4.61. The zero-order valence-electron chi connectivity index (χ0n) is 13.9. The van der Waals surface area contributed by atoms with Crippen molar-refractivity contribution >= 4 is 16.0 Å². The Labute approximate surface area is 148 Å². The monoisotopic (exact) mass is 387 g/mol. The molecular formula is C17H16F3NO4S. The fourth-order valence-corrected chi connectivity index (χ4v) is 3.53. The summed E-state index contributed by atoms with van der Waals surface area (Å²) < 4.78 is 70.0. The first kappa shape index (κ1) is 19.9. The second-order valence-corrected chi connectivity index (χ2v) is 7.23. The Morgan fingerprint density at radius 1 is 1.15 bits per heavy atom. The molecule has 0 aliphatic carbocycles. The Balaban J connectivity index is 2.26. The van der Waals surface area contributed by atoms with Gasteiger partial charge in [0.15, 0.2) is 0 Å². The quantitative estimate of drug-likeness (QED) is 0.800. The van der Waals surface area contributed by atoms with E-state index in [0.29, 0.717) is 5.56 Å². The highest BCUT2D eigenvalue weighted by molar-refractivity contribution is 7.89. The smallest absolute Gasteiger partial charge is 0.416 e. The number of sulfonamides is 1. The van der Waals surface area contributed by atoms with Crippen molar-refractivity contribution in [1.82, 2.24) is 4.72 Å². The number of alkyl halides is 3. The van der Waals surface area contributed by atoms with Crippen LogP contribution in [-0.4, -0.2) is 21.5 Å². The Bertz CT molecular complexity index is 924. The summed E-state index contributed by atoms with van der Waals surface area (Å²) in [7, 11) is -2.87. The van der Waals surface area contributed by atoms with Crippen molar-refractivity contribution in [3.63, 3.8) is 0 Å². The summed E-state index contributed by atoms with van der Waals surface area (Å²) >= 11 is 0.